The lowest BCUT2D eigenvalue weighted by Gasteiger charge is -2.13. The Morgan fingerprint density at radius 2 is 1.76 bits per heavy atom. The molecule has 0 N–H and O–H groups in total. The molecule has 0 aromatic heterocycles. The molecule has 6 nitrogen and oxygen atoms in total. The zero-order chi connectivity index (χ0) is 20.8. The van der Waals surface area contributed by atoms with Gasteiger partial charge in [0.05, 0.1) is 5.92 Å². The summed E-state index contributed by atoms with van der Waals surface area (Å²) >= 11 is 0. The van der Waals surface area contributed by atoms with Crippen molar-refractivity contribution >= 4 is 5.97 Å². The predicted molar refractivity (Wildman–Crippen MR) is 104 cm³/mol. The Morgan fingerprint density at radius 3 is 2.38 bits per heavy atom. The minimum absolute atomic E-state index is 0.190. The highest BCUT2D eigenvalue weighted by Crippen LogP contribution is 2.27. The highest BCUT2D eigenvalue weighted by Gasteiger charge is 2.19. The SMILES string of the molecule is CC(C(=O)Oc1ccc(CO[N+](=O)[O-])cc1)c1ccc(-c2ccccc2)c(F)c1. The molecule has 0 saturated heterocycles. The van der Waals surface area contributed by atoms with E-state index in [1.54, 1.807) is 31.2 Å². The maximum atomic E-state index is 14.5. The minimum atomic E-state index is -0.877. The van der Waals surface area contributed by atoms with E-state index in [2.05, 4.69) is 4.84 Å². The fraction of sp³-hybridized carbons (Fsp3) is 0.136. The van der Waals surface area contributed by atoms with Crippen LogP contribution in [0, 0.1) is 15.9 Å². The van der Waals surface area contributed by atoms with Crippen molar-refractivity contribution in [2.45, 2.75) is 19.4 Å². The summed E-state index contributed by atoms with van der Waals surface area (Å²) < 4.78 is 19.9. The van der Waals surface area contributed by atoms with E-state index in [9.17, 15) is 19.3 Å². The first-order valence-corrected chi connectivity index (χ1v) is 8.87. The van der Waals surface area contributed by atoms with Gasteiger partial charge in [-0.15, -0.1) is 10.1 Å². The van der Waals surface area contributed by atoms with Crippen molar-refractivity contribution in [1.29, 1.82) is 0 Å². The summed E-state index contributed by atoms with van der Waals surface area (Å²) in [7, 11) is 0. The molecule has 0 fully saturated rings. The molecule has 3 rings (SSSR count). The van der Waals surface area contributed by atoms with Gasteiger partial charge in [0.2, 0.25) is 0 Å². The second kappa shape index (κ2) is 8.97. The molecule has 29 heavy (non-hydrogen) atoms. The second-order valence-corrected chi connectivity index (χ2v) is 6.39. The number of halogens is 1. The van der Waals surface area contributed by atoms with Crippen LogP contribution in [-0.4, -0.2) is 11.1 Å². The van der Waals surface area contributed by atoms with Crippen LogP contribution in [0.15, 0.2) is 72.8 Å². The molecule has 3 aromatic carbocycles. The molecule has 7 heteroatoms. The summed E-state index contributed by atoms with van der Waals surface area (Å²) in [5.41, 5.74) is 2.28. The molecule has 0 amide bonds. The predicted octanol–water partition coefficient (Wildman–Crippen LogP) is 4.91. The van der Waals surface area contributed by atoms with Gasteiger partial charge in [0.1, 0.15) is 18.2 Å². The summed E-state index contributed by atoms with van der Waals surface area (Å²) in [6.07, 6.45) is 0. The van der Waals surface area contributed by atoms with Crippen molar-refractivity contribution in [3.05, 3.63) is 99.9 Å². The minimum Gasteiger partial charge on any atom is -0.426 e. The van der Waals surface area contributed by atoms with E-state index >= 15 is 0 Å². The number of rotatable bonds is 7. The molecular formula is C22H18FNO5. The van der Waals surface area contributed by atoms with Gasteiger partial charge in [0.15, 0.2) is 0 Å². The van der Waals surface area contributed by atoms with Crippen molar-refractivity contribution in [2.24, 2.45) is 0 Å². The van der Waals surface area contributed by atoms with Gasteiger partial charge in [0, 0.05) is 5.56 Å². The Kier molecular flexibility index (Phi) is 6.19. The maximum absolute atomic E-state index is 14.5. The molecule has 0 radical (unpaired) electrons. The van der Waals surface area contributed by atoms with Crippen molar-refractivity contribution in [3.63, 3.8) is 0 Å². The van der Waals surface area contributed by atoms with Crippen molar-refractivity contribution in [1.82, 2.24) is 0 Å². The van der Waals surface area contributed by atoms with E-state index in [-0.39, 0.29) is 12.4 Å². The molecule has 3 aromatic rings. The highest BCUT2D eigenvalue weighted by molar-refractivity contribution is 5.80. The highest BCUT2D eigenvalue weighted by atomic mass is 19.1. The monoisotopic (exact) mass is 395 g/mol. The third-order valence-electron chi connectivity index (χ3n) is 4.41. The van der Waals surface area contributed by atoms with E-state index in [0.717, 1.165) is 5.56 Å². The first-order valence-electron chi connectivity index (χ1n) is 8.87. The van der Waals surface area contributed by atoms with E-state index < -0.39 is 22.8 Å². The van der Waals surface area contributed by atoms with Crippen LogP contribution in [-0.2, 0) is 16.2 Å². The zero-order valence-corrected chi connectivity index (χ0v) is 15.6. The lowest BCUT2D eigenvalue weighted by atomic mass is 9.97. The van der Waals surface area contributed by atoms with Crippen LogP contribution < -0.4 is 4.74 Å². The van der Waals surface area contributed by atoms with Crippen LogP contribution in [0.5, 0.6) is 5.75 Å². The van der Waals surface area contributed by atoms with Crippen LogP contribution in [0.1, 0.15) is 24.0 Å². The number of benzene rings is 3. The molecule has 0 aliphatic heterocycles. The van der Waals surface area contributed by atoms with Gasteiger partial charge in [-0.2, -0.15) is 0 Å². The van der Waals surface area contributed by atoms with Crippen LogP contribution in [0.4, 0.5) is 4.39 Å². The van der Waals surface area contributed by atoms with Gasteiger partial charge < -0.3 is 9.57 Å². The quantitative estimate of drug-likeness (QED) is 0.246. The Balaban J connectivity index is 1.67. The largest absolute Gasteiger partial charge is 0.426 e. The summed E-state index contributed by atoms with van der Waals surface area (Å²) in [6, 6.07) is 20.0. The van der Waals surface area contributed by atoms with Gasteiger partial charge >= 0.3 is 5.97 Å². The normalized spacial score (nSPS) is 11.5. The second-order valence-electron chi connectivity index (χ2n) is 6.39. The topological polar surface area (TPSA) is 78.7 Å². The lowest BCUT2D eigenvalue weighted by Crippen LogP contribution is -2.16. The Morgan fingerprint density at radius 1 is 1.07 bits per heavy atom. The number of carbonyl (C=O) groups is 1. The van der Waals surface area contributed by atoms with Gasteiger partial charge in [-0.3, -0.25) is 4.79 Å². The number of nitrogens with zero attached hydrogens (tertiary/aromatic N) is 1. The molecule has 0 saturated carbocycles. The summed E-state index contributed by atoms with van der Waals surface area (Å²) in [5.74, 6) is -1.34. The average molecular weight is 395 g/mol. The van der Waals surface area contributed by atoms with Crippen molar-refractivity contribution in [3.8, 4) is 16.9 Å². The molecule has 148 valence electrons. The fourth-order valence-electron chi connectivity index (χ4n) is 2.77. The van der Waals surface area contributed by atoms with E-state index in [1.807, 2.05) is 30.3 Å². The fourth-order valence-corrected chi connectivity index (χ4v) is 2.77. The number of esters is 1. The maximum Gasteiger partial charge on any atom is 0.318 e. The molecule has 1 unspecified atom stereocenters. The zero-order valence-electron chi connectivity index (χ0n) is 15.6. The molecule has 0 aliphatic carbocycles. The van der Waals surface area contributed by atoms with Crippen molar-refractivity contribution < 1.29 is 23.8 Å². The average Bonchev–Trinajstić information content (AvgIpc) is 2.73. The van der Waals surface area contributed by atoms with Crippen LogP contribution >= 0.6 is 0 Å². The smallest absolute Gasteiger partial charge is 0.318 e. The van der Waals surface area contributed by atoms with Gasteiger partial charge in [-0.1, -0.05) is 54.6 Å². The van der Waals surface area contributed by atoms with E-state index in [0.29, 0.717) is 16.7 Å². The van der Waals surface area contributed by atoms with Crippen molar-refractivity contribution in [2.75, 3.05) is 0 Å². The van der Waals surface area contributed by atoms with Crippen LogP contribution in [0.2, 0.25) is 0 Å². The summed E-state index contributed by atoms with van der Waals surface area (Å²) in [5, 5.41) is 9.33. The van der Waals surface area contributed by atoms with Crippen LogP contribution in [0.3, 0.4) is 0 Å². The van der Waals surface area contributed by atoms with E-state index in [4.69, 9.17) is 4.74 Å². The third-order valence-corrected chi connectivity index (χ3v) is 4.41. The van der Waals surface area contributed by atoms with Crippen LogP contribution in [0.25, 0.3) is 11.1 Å². The first-order chi connectivity index (χ1) is 13.9. The number of hydrogen-bond donors (Lipinski definition) is 0. The Bertz CT molecular complexity index is 1010. The third kappa shape index (κ3) is 5.16. The Hall–Kier alpha value is -3.74. The molecule has 1 atom stereocenters. The van der Waals surface area contributed by atoms with E-state index in [1.165, 1.54) is 18.2 Å². The molecule has 0 aliphatic rings. The Labute approximate surface area is 166 Å². The summed E-state index contributed by atoms with van der Waals surface area (Å²) in [6.45, 7) is 1.45. The van der Waals surface area contributed by atoms with Gasteiger partial charge in [0.25, 0.3) is 5.09 Å². The molecule has 0 bridgehead atoms. The number of ether oxygens (including phenoxy) is 1. The number of hydrogen-bond acceptors (Lipinski definition) is 5. The molecular weight excluding hydrogens is 377 g/mol. The molecule has 0 heterocycles. The first kappa shape index (κ1) is 20.0. The van der Waals surface area contributed by atoms with Gasteiger partial charge in [-0.25, -0.2) is 4.39 Å². The lowest BCUT2D eigenvalue weighted by molar-refractivity contribution is -0.763. The number of carbonyl (C=O) groups excluding carboxylic acids is 1. The molecule has 0 spiro atoms. The standard InChI is InChI=1S/C22H18FNO5/c1-15(18-9-12-20(21(23)13-18)17-5-3-2-4-6-17)22(25)29-19-10-7-16(8-11-19)14-28-24(26)27/h2-13,15H,14H2,1H3. The van der Waals surface area contributed by atoms with Gasteiger partial charge in [-0.05, 0) is 41.8 Å². The summed E-state index contributed by atoms with van der Waals surface area (Å²) in [4.78, 5) is 26.9.